The molecule has 1 aliphatic rings. The molecule has 1 fully saturated rings. The van der Waals surface area contributed by atoms with E-state index in [1.54, 1.807) is 11.8 Å². The van der Waals surface area contributed by atoms with Crippen molar-refractivity contribution in [2.75, 3.05) is 12.3 Å². The number of hydrogen-bond acceptors (Lipinski definition) is 3. The predicted octanol–water partition coefficient (Wildman–Crippen LogP) is 1.80. The first kappa shape index (κ1) is 13.8. The summed E-state index contributed by atoms with van der Waals surface area (Å²) in [6.45, 7) is 4.73. The SMILES string of the molecule is CC(C)N(CCC(N)=S)C(=O)C1CCCS1. The van der Waals surface area contributed by atoms with Gasteiger partial charge in [0.05, 0.1) is 10.2 Å². The van der Waals surface area contributed by atoms with Crippen LogP contribution in [-0.4, -0.2) is 39.4 Å². The lowest BCUT2D eigenvalue weighted by Gasteiger charge is -2.29. The van der Waals surface area contributed by atoms with Crippen molar-refractivity contribution in [2.45, 2.75) is 44.4 Å². The van der Waals surface area contributed by atoms with Gasteiger partial charge in [-0.25, -0.2) is 0 Å². The zero-order valence-corrected chi connectivity index (χ0v) is 11.6. The van der Waals surface area contributed by atoms with Gasteiger partial charge in [-0.05, 0) is 32.4 Å². The maximum atomic E-state index is 12.2. The van der Waals surface area contributed by atoms with Gasteiger partial charge in [0, 0.05) is 19.0 Å². The average Bonchev–Trinajstić information content (AvgIpc) is 2.69. The van der Waals surface area contributed by atoms with Crippen molar-refractivity contribution in [1.82, 2.24) is 4.90 Å². The summed E-state index contributed by atoms with van der Waals surface area (Å²) in [4.78, 5) is 14.6. The van der Waals surface area contributed by atoms with Gasteiger partial charge in [0.1, 0.15) is 0 Å². The van der Waals surface area contributed by atoms with E-state index < -0.39 is 0 Å². The number of thiocarbonyl (C=S) groups is 1. The number of carbonyl (C=O) groups is 1. The molecule has 0 saturated carbocycles. The number of hydrogen-bond donors (Lipinski definition) is 1. The van der Waals surface area contributed by atoms with Crippen molar-refractivity contribution in [3.05, 3.63) is 0 Å². The van der Waals surface area contributed by atoms with Crippen LogP contribution in [0.25, 0.3) is 0 Å². The van der Waals surface area contributed by atoms with E-state index in [0.29, 0.717) is 18.0 Å². The number of thioether (sulfide) groups is 1. The maximum Gasteiger partial charge on any atom is 0.235 e. The molecule has 0 aliphatic carbocycles. The normalized spacial score (nSPS) is 20.1. The Morgan fingerprint density at radius 3 is 2.75 bits per heavy atom. The van der Waals surface area contributed by atoms with Crippen molar-refractivity contribution in [3.63, 3.8) is 0 Å². The van der Waals surface area contributed by atoms with Gasteiger partial charge in [-0.2, -0.15) is 0 Å². The summed E-state index contributed by atoms with van der Waals surface area (Å²) < 4.78 is 0. The van der Waals surface area contributed by atoms with Crippen LogP contribution in [0, 0.1) is 0 Å². The van der Waals surface area contributed by atoms with Crippen molar-refractivity contribution in [3.8, 4) is 0 Å². The number of nitrogens with zero attached hydrogens (tertiary/aromatic N) is 1. The van der Waals surface area contributed by atoms with E-state index in [2.05, 4.69) is 0 Å². The van der Waals surface area contributed by atoms with Crippen LogP contribution < -0.4 is 5.73 Å². The van der Waals surface area contributed by atoms with E-state index in [1.165, 1.54) is 0 Å². The monoisotopic (exact) mass is 260 g/mol. The van der Waals surface area contributed by atoms with Gasteiger partial charge in [-0.3, -0.25) is 4.79 Å². The van der Waals surface area contributed by atoms with E-state index in [1.807, 2.05) is 18.7 Å². The van der Waals surface area contributed by atoms with Crippen molar-refractivity contribution in [2.24, 2.45) is 5.73 Å². The van der Waals surface area contributed by atoms with Crippen LogP contribution in [0.3, 0.4) is 0 Å². The molecule has 16 heavy (non-hydrogen) atoms. The number of rotatable bonds is 5. The molecule has 92 valence electrons. The Balaban J connectivity index is 2.54. The van der Waals surface area contributed by atoms with E-state index >= 15 is 0 Å². The zero-order valence-electron chi connectivity index (χ0n) is 9.94. The topological polar surface area (TPSA) is 46.3 Å². The highest BCUT2D eigenvalue weighted by Gasteiger charge is 2.28. The molecule has 3 nitrogen and oxygen atoms in total. The molecule has 0 aromatic carbocycles. The van der Waals surface area contributed by atoms with Crippen LogP contribution in [0.2, 0.25) is 0 Å². The quantitative estimate of drug-likeness (QED) is 0.766. The van der Waals surface area contributed by atoms with E-state index in [9.17, 15) is 4.79 Å². The molecule has 1 heterocycles. The smallest absolute Gasteiger partial charge is 0.235 e. The fraction of sp³-hybridized carbons (Fsp3) is 0.818. The second kappa shape index (κ2) is 6.45. The first-order chi connectivity index (χ1) is 7.52. The van der Waals surface area contributed by atoms with Crippen LogP contribution in [-0.2, 0) is 4.79 Å². The molecule has 1 unspecified atom stereocenters. The standard InChI is InChI=1S/C11H20N2OS2/c1-8(2)13(6-5-10(12)15)11(14)9-4-3-7-16-9/h8-9H,3-7H2,1-2H3,(H2,12,15). The van der Waals surface area contributed by atoms with Gasteiger partial charge in [0.25, 0.3) is 0 Å². The van der Waals surface area contributed by atoms with Crippen LogP contribution in [0.4, 0.5) is 0 Å². The molecule has 0 radical (unpaired) electrons. The minimum Gasteiger partial charge on any atom is -0.393 e. The third-order valence-electron chi connectivity index (χ3n) is 2.71. The van der Waals surface area contributed by atoms with Gasteiger partial charge in [0.2, 0.25) is 5.91 Å². The Morgan fingerprint density at radius 2 is 2.31 bits per heavy atom. The average molecular weight is 260 g/mol. The second-order valence-corrected chi connectivity index (χ2v) is 6.18. The molecule has 0 bridgehead atoms. The van der Waals surface area contributed by atoms with Gasteiger partial charge >= 0.3 is 0 Å². The Labute approximate surface area is 107 Å². The molecule has 0 aromatic rings. The van der Waals surface area contributed by atoms with Crippen LogP contribution in [0.1, 0.15) is 33.1 Å². The Bertz CT molecular complexity index is 263. The Hall–Kier alpha value is -0.290. The largest absolute Gasteiger partial charge is 0.393 e. The van der Waals surface area contributed by atoms with Crippen molar-refractivity contribution in [1.29, 1.82) is 0 Å². The Kier molecular flexibility index (Phi) is 5.55. The third-order valence-corrected chi connectivity index (χ3v) is 4.28. The minimum absolute atomic E-state index is 0.161. The predicted molar refractivity (Wildman–Crippen MR) is 73.7 cm³/mol. The molecular formula is C11H20N2OS2. The van der Waals surface area contributed by atoms with Crippen LogP contribution >= 0.6 is 24.0 Å². The van der Waals surface area contributed by atoms with E-state index in [-0.39, 0.29) is 17.2 Å². The van der Waals surface area contributed by atoms with Crippen molar-refractivity contribution < 1.29 is 4.79 Å². The fourth-order valence-electron chi connectivity index (χ4n) is 1.81. The van der Waals surface area contributed by atoms with Crippen molar-refractivity contribution >= 4 is 34.9 Å². The maximum absolute atomic E-state index is 12.2. The number of nitrogens with two attached hydrogens (primary N) is 1. The summed E-state index contributed by atoms with van der Waals surface area (Å²) in [6, 6.07) is 0.225. The molecule has 1 atom stereocenters. The second-order valence-electron chi connectivity index (χ2n) is 4.34. The number of amides is 1. The Morgan fingerprint density at radius 1 is 1.62 bits per heavy atom. The zero-order chi connectivity index (χ0) is 12.1. The molecule has 1 amide bonds. The molecule has 0 aromatic heterocycles. The summed E-state index contributed by atoms with van der Waals surface area (Å²) in [5.41, 5.74) is 5.48. The fourth-order valence-corrected chi connectivity index (χ4v) is 3.13. The van der Waals surface area contributed by atoms with E-state index in [0.717, 1.165) is 18.6 Å². The minimum atomic E-state index is 0.161. The van der Waals surface area contributed by atoms with Gasteiger partial charge < -0.3 is 10.6 Å². The van der Waals surface area contributed by atoms with Gasteiger partial charge in [0.15, 0.2) is 0 Å². The molecule has 2 N–H and O–H groups in total. The van der Waals surface area contributed by atoms with Gasteiger partial charge in [-0.15, -0.1) is 11.8 Å². The first-order valence-electron chi connectivity index (χ1n) is 5.72. The number of carbonyl (C=O) groups excluding carboxylic acids is 1. The summed E-state index contributed by atoms with van der Waals surface area (Å²) >= 11 is 6.63. The molecule has 1 aliphatic heterocycles. The van der Waals surface area contributed by atoms with Crippen LogP contribution in [0.15, 0.2) is 0 Å². The lowest BCUT2D eigenvalue weighted by molar-refractivity contribution is -0.132. The lowest BCUT2D eigenvalue weighted by atomic mass is 10.2. The summed E-state index contributed by atoms with van der Waals surface area (Å²) in [5.74, 6) is 1.37. The molecule has 1 rings (SSSR count). The summed E-state index contributed by atoms with van der Waals surface area (Å²) in [7, 11) is 0. The lowest BCUT2D eigenvalue weighted by Crippen LogP contribution is -2.43. The van der Waals surface area contributed by atoms with E-state index in [4.69, 9.17) is 18.0 Å². The highest BCUT2D eigenvalue weighted by Crippen LogP contribution is 2.28. The highest BCUT2D eigenvalue weighted by atomic mass is 32.2. The third kappa shape index (κ3) is 3.94. The molecule has 5 heteroatoms. The van der Waals surface area contributed by atoms with Crippen LogP contribution in [0.5, 0.6) is 0 Å². The molecular weight excluding hydrogens is 240 g/mol. The molecule has 1 saturated heterocycles. The summed E-state index contributed by atoms with van der Waals surface area (Å²) in [6.07, 6.45) is 2.79. The highest BCUT2D eigenvalue weighted by molar-refractivity contribution is 8.00. The molecule has 0 spiro atoms. The summed E-state index contributed by atoms with van der Waals surface area (Å²) in [5, 5.41) is 0.161. The first-order valence-corrected chi connectivity index (χ1v) is 7.18. The van der Waals surface area contributed by atoms with Gasteiger partial charge in [-0.1, -0.05) is 12.2 Å².